The summed E-state index contributed by atoms with van der Waals surface area (Å²) in [7, 11) is 2.67. The monoisotopic (exact) mass is 588 g/mol. The van der Waals surface area contributed by atoms with Gasteiger partial charge in [-0.15, -0.1) is 23.2 Å². The number of carbonyl (C=O) groups excluding carboxylic acids is 4. The summed E-state index contributed by atoms with van der Waals surface area (Å²) in [5.41, 5.74) is 0.983. The highest BCUT2D eigenvalue weighted by Crippen LogP contribution is 2.66. The lowest BCUT2D eigenvalue weighted by Crippen LogP contribution is -2.60. The number of aromatic hydroxyl groups is 1. The van der Waals surface area contributed by atoms with Crippen molar-refractivity contribution in [3.8, 4) is 17.2 Å². The number of benzene rings is 2. The van der Waals surface area contributed by atoms with Gasteiger partial charge in [-0.2, -0.15) is 0 Å². The van der Waals surface area contributed by atoms with Crippen molar-refractivity contribution in [1.82, 2.24) is 5.32 Å². The first-order valence-corrected chi connectivity index (χ1v) is 13.3. The molecule has 2 saturated heterocycles. The first-order chi connectivity index (χ1) is 19.0. The lowest BCUT2D eigenvalue weighted by Gasteiger charge is -2.50. The molecule has 208 valence electrons. The molecule has 40 heavy (non-hydrogen) atoms. The van der Waals surface area contributed by atoms with Gasteiger partial charge >= 0.3 is 0 Å². The Bertz CT molecular complexity index is 1500. The molecule has 2 aromatic carbocycles. The summed E-state index contributed by atoms with van der Waals surface area (Å²) in [6, 6.07) is 7.70. The van der Waals surface area contributed by atoms with Gasteiger partial charge in [0.1, 0.15) is 5.82 Å². The SMILES string of the molecule is COc1cc(C2C3=CCC4C(=O)NC(=O)C4C3CC3(Cl)C(=O)N(c4ccc(F)cc4)C(=O)C23Cl)cc(OC)c1O. The third kappa shape index (κ3) is 3.32. The fraction of sp³-hybridized carbons (Fsp3) is 0.357. The predicted octanol–water partition coefficient (Wildman–Crippen LogP) is 3.40. The molecule has 2 N–H and O–H groups in total. The molecule has 6 rings (SSSR count). The predicted molar refractivity (Wildman–Crippen MR) is 141 cm³/mol. The van der Waals surface area contributed by atoms with Crippen molar-refractivity contribution >= 4 is 52.5 Å². The van der Waals surface area contributed by atoms with Gasteiger partial charge in [-0.25, -0.2) is 9.29 Å². The van der Waals surface area contributed by atoms with E-state index >= 15 is 0 Å². The zero-order valence-electron chi connectivity index (χ0n) is 21.2. The number of nitrogens with zero attached hydrogens (tertiary/aromatic N) is 1. The highest BCUT2D eigenvalue weighted by molar-refractivity contribution is 6.58. The van der Waals surface area contributed by atoms with Crippen molar-refractivity contribution in [2.75, 3.05) is 19.1 Å². The van der Waals surface area contributed by atoms with Crippen LogP contribution < -0.4 is 19.7 Å². The van der Waals surface area contributed by atoms with E-state index < -0.39 is 62.9 Å². The molecule has 4 aliphatic rings. The van der Waals surface area contributed by atoms with Crippen LogP contribution in [0, 0.1) is 23.6 Å². The van der Waals surface area contributed by atoms with Crippen LogP contribution in [0.5, 0.6) is 17.2 Å². The largest absolute Gasteiger partial charge is 0.502 e. The second-order valence-electron chi connectivity index (χ2n) is 10.4. The van der Waals surface area contributed by atoms with Crippen molar-refractivity contribution in [3.05, 3.63) is 59.4 Å². The molecule has 2 heterocycles. The second-order valence-corrected chi connectivity index (χ2v) is 11.6. The summed E-state index contributed by atoms with van der Waals surface area (Å²) in [6.07, 6.45) is 1.79. The van der Waals surface area contributed by atoms with Gasteiger partial charge in [0.25, 0.3) is 11.8 Å². The van der Waals surface area contributed by atoms with E-state index in [1.54, 1.807) is 6.08 Å². The standard InChI is InChI=1S/C28H23Cl2FN2O7/c1-39-18-9-12(10-19(40-2)22(18)34)21-15-7-8-16-20(24(36)32-23(16)35)17(15)11-27(29)25(37)33(26(38)28(21,27)30)14-5-3-13(31)4-6-14/h3-7,9-10,16-17,20-21,34H,8,11H2,1-2H3,(H,32,35,36). The zero-order valence-corrected chi connectivity index (χ0v) is 22.8. The minimum atomic E-state index is -2.11. The van der Waals surface area contributed by atoms with Gasteiger partial charge in [0.2, 0.25) is 17.6 Å². The number of phenolic OH excluding ortho intramolecular Hbond substituents is 1. The minimum absolute atomic E-state index is 0.0205. The van der Waals surface area contributed by atoms with Crippen LogP contribution in [0.4, 0.5) is 10.1 Å². The molecule has 6 atom stereocenters. The molecule has 0 bridgehead atoms. The van der Waals surface area contributed by atoms with Gasteiger partial charge in [0.05, 0.1) is 31.7 Å². The molecule has 0 radical (unpaired) electrons. The Morgan fingerprint density at radius 1 is 0.975 bits per heavy atom. The lowest BCUT2D eigenvalue weighted by molar-refractivity contribution is -0.127. The van der Waals surface area contributed by atoms with E-state index in [1.165, 1.54) is 38.5 Å². The van der Waals surface area contributed by atoms with Gasteiger partial charge in [-0.3, -0.25) is 24.5 Å². The summed E-state index contributed by atoms with van der Waals surface area (Å²) in [5.74, 6) is -6.66. The Labute approximate surface area is 237 Å². The van der Waals surface area contributed by atoms with Crippen LogP contribution >= 0.6 is 23.2 Å². The van der Waals surface area contributed by atoms with Crippen LogP contribution in [0.2, 0.25) is 0 Å². The van der Waals surface area contributed by atoms with Gasteiger partial charge in [0, 0.05) is 5.92 Å². The summed E-state index contributed by atoms with van der Waals surface area (Å²) in [6.45, 7) is 0. The Morgan fingerprint density at radius 2 is 1.60 bits per heavy atom. The average molecular weight is 589 g/mol. The number of fused-ring (bicyclic) bond motifs is 4. The number of imide groups is 2. The van der Waals surface area contributed by atoms with E-state index in [0.29, 0.717) is 11.1 Å². The second kappa shape index (κ2) is 8.94. The maximum atomic E-state index is 14.3. The number of anilines is 1. The van der Waals surface area contributed by atoms with Crippen LogP contribution in [-0.2, 0) is 19.2 Å². The highest BCUT2D eigenvalue weighted by Gasteiger charge is 2.76. The normalized spacial score (nSPS) is 32.7. The van der Waals surface area contributed by atoms with Crippen LogP contribution in [0.15, 0.2) is 48.0 Å². The maximum absolute atomic E-state index is 14.3. The van der Waals surface area contributed by atoms with Crippen molar-refractivity contribution in [2.45, 2.75) is 28.5 Å². The van der Waals surface area contributed by atoms with Gasteiger partial charge < -0.3 is 14.6 Å². The summed E-state index contributed by atoms with van der Waals surface area (Å²) >= 11 is 14.5. The molecule has 0 aromatic heterocycles. The van der Waals surface area contributed by atoms with Crippen LogP contribution in [-0.4, -0.2) is 52.7 Å². The number of alkyl halides is 2. The first kappa shape index (κ1) is 26.6. The number of hydrogen-bond donors (Lipinski definition) is 2. The van der Waals surface area contributed by atoms with Crippen molar-refractivity contribution < 1.29 is 38.1 Å². The van der Waals surface area contributed by atoms with Gasteiger partial charge in [-0.1, -0.05) is 11.6 Å². The van der Waals surface area contributed by atoms with Crippen molar-refractivity contribution in [1.29, 1.82) is 0 Å². The Kier molecular flexibility index (Phi) is 5.94. The Morgan fingerprint density at radius 3 is 2.20 bits per heavy atom. The summed E-state index contributed by atoms with van der Waals surface area (Å²) in [4.78, 5) is 50.6. The average Bonchev–Trinajstić information content (AvgIpc) is 3.30. The number of rotatable bonds is 4. The number of allylic oxidation sites excluding steroid dienone is 2. The van der Waals surface area contributed by atoms with Crippen molar-refractivity contribution in [3.63, 3.8) is 0 Å². The quantitative estimate of drug-likeness (QED) is 0.319. The van der Waals surface area contributed by atoms with Gasteiger partial charge in [0.15, 0.2) is 21.2 Å². The highest BCUT2D eigenvalue weighted by atomic mass is 35.5. The molecule has 12 heteroatoms. The van der Waals surface area contributed by atoms with E-state index in [9.17, 15) is 28.7 Å². The smallest absolute Gasteiger partial charge is 0.258 e. The van der Waals surface area contributed by atoms with E-state index in [-0.39, 0.29) is 35.8 Å². The number of carbonyl (C=O) groups is 4. The molecular formula is C28H23Cl2FN2O7. The topological polar surface area (TPSA) is 122 Å². The molecule has 2 aliphatic heterocycles. The number of methoxy groups -OCH3 is 2. The zero-order chi connectivity index (χ0) is 28.7. The molecule has 2 aromatic rings. The van der Waals surface area contributed by atoms with Crippen LogP contribution in [0.3, 0.4) is 0 Å². The molecule has 4 amide bonds. The molecule has 9 nitrogen and oxygen atoms in total. The van der Waals surface area contributed by atoms with Crippen LogP contribution in [0.25, 0.3) is 0 Å². The lowest BCUT2D eigenvalue weighted by atomic mass is 9.56. The Hall–Kier alpha value is -3.63. The molecule has 2 aliphatic carbocycles. The third-order valence-electron chi connectivity index (χ3n) is 8.57. The number of halogens is 3. The molecular weight excluding hydrogens is 566 g/mol. The third-order valence-corrected chi connectivity index (χ3v) is 9.99. The van der Waals surface area contributed by atoms with E-state index in [2.05, 4.69) is 5.32 Å². The summed E-state index contributed by atoms with van der Waals surface area (Å²) in [5, 5.41) is 12.9. The number of hydrogen-bond acceptors (Lipinski definition) is 7. The summed E-state index contributed by atoms with van der Waals surface area (Å²) < 4.78 is 24.4. The molecule has 3 fully saturated rings. The molecule has 6 unspecified atom stereocenters. The maximum Gasteiger partial charge on any atom is 0.258 e. The van der Waals surface area contributed by atoms with E-state index in [4.69, 9.17) is 32.7 Å². The number of ether oxygens (including phenoxy) is 2. The minimum Gasteiger partial charge on any atom is -0.502 e. The van der Waals surface area contributed by atoms with Gasteiger partial charge in [-0.05, 0) is 60.7 Å². The number of nitrogens with one attached hydrogen (secondary N) is 1. The molecule has 0 spiro atoms. The van der Waals surface area contributed by atoms with E-state index in [1.807, 2.05) is 0 Å². The molecule has 1 saturated carbocycles. The van der Waals surface area contributed by atoms with Crippen LogP contribution in [0.1, 0.15) is 24.3 Å². The number of amides is 4. The van der Waals surface area contributed by atoms with Crippen molar-refractivity contribution in [2.24, 2.45) is 17.8 Å². The van der Waals surface area contributed by atoms with E-state index in [0.717, 1.165) is 17.0 Å². The Balaban J connectivity index is 1.61. The first-order valence-electron chi connectivity index (χ1n) is 12.5. The number of phenols is 1. The fourth-order valence-electron chi connectivity index (χ4n) is 6.76. The fourth-order valence-corrected chi connectivity index (χ4v) is 7.70.